The number of thiazole rings is 1. The highest BCUT2D eigenvalue weighted by molar-refractivity contribution is 7.17. The molecule has 0 unspecified atom stereocenters. The molecule has 3 heterocycles. The minimum absolute atomic E-state index is 0.495. The second-order valence-electron chi connectivity index (χ2n) is 5.35. The van der Waals surface area contributed by atoms with Crippen molar-refractivity contribution < 1.29 is 0 Å². The number of para-hydroxylation sites is 2. The van der Waals surface area contributed by atoms with E-state index >= 15 is 0 Å². The summed E-state index contributed by atoms with van der Waals surface area (Å²) in [5.41, 5.74) is 4.09. The summed E-state index contributed by atoms with van der Waals surface area (Å²) in [6.45, 7) is 4.00. The molecule has 112 valence electrons. The minimum Gasteiger partial charge on any atom is -0.337 e. The van der Waals surface area contributed by atoms with Crippen LogP contribution in [0.2, 0.25) is 0 Å². The molecule has 0 saturated heterocycles. The Labute approximate surface area is 136 Å². The van der Waals surface area contributed by atoms with Gasteiger partial charge in [-0.15, -0.1) is 11.3 Å². The number of fused-ring (bicyclic) bond motifs is 2. The van der Waals surface area contributed by atoms with Crippen molar-refractivity contribution >= 4 is 39.0 Å². The van der Waals surface area contributed by atoms with Gasteiger partial charge in [0.15, 0.2) is 4.96 Å². The molecule has 6 heteroatoms. The average Bonchev–Trinajstić information content (AvgIpc) is 3.18. The lowest BCUT2D eigenvalue weighted by Crippen LogP contribution is -1.89. The fourth-order valence-electron chi connectivity index (χ4n) is 2.63. The normalized spacial score (nSPS) is 12.1. The van der Waals surface area contributed by atoms with E-state index in [4.69, 9.17) is 0 Å². The van der Waals surface area contributed by atoms with Crippen molar-refractivity contribution in [2.24, 2.45) is 0 Å². The van der Waals surface area contributed by atoms with Gasteiger partial charge in [-0.25, -0.2) is 9.97 Å². The lowest BCUT2D eigenvalue weighted by Gasteiger charge is -1.96. The first kappa shape index (κ1) is 13.7. The molecule has 0 spiro atoms. The Morgan fingerprint density at radius 2 is 2.13 bits per heavy atom. The van der Waals surface area contributed by atoms with Crippen LogP contribution in [0.25, 0.3) is 27.6 Å². The van der Waals surface area contributed by atoms with E-state index in [2.05, 4.69) is 21.0 Å². The fraction of sp³-hybridized carbons (Fsp3) is 0.118. The number of aromatic nitrogens is 4. The number of nitrogens with zero attached hydrogens (tertiary/aromatic N) is 4. The van der Waals surface area contributed by atoms with Crippen LogP contribution in [-0.4, -0.2) is 19.4 Å². The van der Waals surface area contributed by atoms with Crippen LogP contribution in [0, 0.1) is 25.2 Å². The van der Waals surface area contributed by atoms with Gasteiger partial charge in [0.2, 0.25) is 0 Å². The first-order valence-corrected chi connectivity index (χ1v) is 7.99. The smallest absolute Gasteiger partial charge is 0.194 e. The van der Waals surface area contributed by atoms with Gasteiger partial charge in [-0.3, -0.25) is 4.40 Å². The van der Waals surface area contributed by atoms with E-state index in [9.17, 15) is 5.26 Å². The van der Waals surface area contributed by atoms with Crippen molar-refractivity contribution in [3.63, 3.8) is 0 Å². The third kappa shape index (κ3) is 2.22. The van der Waals surface area contributed by atoms with Gasteiger partial charge in [0.05, 0.1) is 28.0 Å². The SMILES string of the molecule is Cc1cn2c(/C=C(\C#N)c3nc4ccccc4[nH]3)c(C)nc2s1. The summed E-state index contributed by atoms with van der Waals surface area (Å²) >= 11 is 1.64. The lowest BCUT2D eigenvalue weighted by molar-refractivity contribution is 1.18. The highest BCUT2D eigenvalue weighted by Crippen LogP contribution is 2.25. The molecular weight excluding hydrogens is 306 g/mol. The Morgan fingerprint density at radius 1 is 1.30 bits per heavy atom. The number of rotatable bonds is 2. The Hall–Kier alpha value is -2.91. The topological polar surface area (TPSA) is 69.8 Å². The summed E-state index contributed by atoms with van der Waals surface area (Å²) in [7, 11) is 0. The van der Waals surface area contributed by atoms with Gasteiger partial charge < -0.3 is 4.98 Å². The first-order chi connectivity index (χ1) is 11.2. The molecule has 0 aliphatic rings. The third-order valence-corrected chi connectivity index (χ3v) is 4.61. The van der Waals surface area contributed by atoms with Gasteiger partial charge in [-0.2, -0.15) is 5.26 Å². The Kier molecular flexibility index (Phi) is 3.03. The second-order valence-corrected chi connectivity index (χ2v) is 6.56. The molecule has 0 aliphatic carbocycles. The molecular formula is C17H13N5S. The van der Waals surface area contributed by atoms with Crippen LogP contribution >= 0.6 is 11.3 Å². The van der Waals surface area contributed by atoms with Gasteiger partial charge in [0, 0.05) is 11.1 Å². The zero-order chi connectivity index (χ0) is 16.0. The van der Waals surface area contributed by atoms with Crippen LogP contribution < -0.4 is 0 Å². The summed E-state index contributed by atoms with van der Waals surface area (Å²) in [5.74, 6) is 0.579. The number of aryl methyl sites for hydroxylation is 2. The number of nitriles is 1. The molecule has 1 N–H and O–H groups in total. The molecule has 0 atom stereocenters. The molecule has 0 amide bonds. The molecule has 0 aliphatic heterocycles. The molecule has 4 rings (SSSR count). The van der Waals surface area contributed by atoms with Gasteiger partial charge in [0.25, 0.3) is 0 Å². The molecule has 3 aromatic heterocycles. The maximum atomic E-state index is 9.57. The van der Waals surface area contributed by atoms with Crippen LogP contribution in [0.4, 0.5) is 0 Å². The van der Waals surface area contributed by atoms with E-state index in [1.54, 1.807) is 11.3 Å². The maximum Gasteiger partial charge on any atom is 0.194 e. The van der Waals surface area contributed by atoms with Gasteiger partial charge in [-0.1, -0.05) is 12.1 Å². The minimum atomic E-state index is 0.495. The summed E-state index contributed by atoms with van der Waals surface area (Å²) in [6, 6.07) is 10.00. The molecule has 0 bridgehead atoms. The predicted octanol–water partition coefficient (Wildman–Crippen LogP) is 3.95. The second kappa shape index (κ2) is 5.07. The first-order valence-electron chi connectivity index (χ1n) is 7.18. The number of nitrogens with one attached hydrogen (secondary N) is 1. The van der Waals surface area contributed by atoms with E-state index in [0.717, 1.165) is 27.4 Å². The Balaban J connectivity index is 1.89. The summed E-state index contributed by atoms with van der Waals surface area (Å²) < 4.78 is 2.02. The zero-order valence-electron chi connectivity index (χ0n) is 12.7. The van der Waals surface area contributed by atoms with Crippen molar-refractivity contribution in [2.75, 3.05) is 0 Å². The lowest BCUT2D eigenvalue weighted by atomic mass is 10.2. The number of H-pyrrole nitrogens is 1. The maximum absolute atomic E-state index is 9.57. The van der Waals surface area contributed by atoms with Crippen molar-refractivity contribution in [3.8, 4) is 6.07 Å². The van der Waals surface area contributed by atoms with Crippen LogP contribution in [0.15, 0.2) is 30.5 Å². The van der Waals surface area contributed by atoms with E-state index < -0.39 is 0 Å². The molecule has 1 aromatic carbocycles. The number of allylic oxidation sites excluding steroid dienone is 1. The van der Waals surface area contributed by atoms with Crippen LogP contribution in [0.5, 0.6) is 0 Å². The predicted molar refractivity (Wildman–Crippen MR) is 92.1 cm³/mol. The van der Waals surface area contributed by atoms with Gasteiger partial charge in [-0.05, 0) is 32.1 Å². The number of hydrogen-bond acceptors (Lipinski definition) is 4. The molecule has 5 nitrogen and oxygen atoms in total. The number of hydrogen-bond donors (Lipinski definition) is 1. The average molecular weight is 319 g/mol. The highest BCUT2D eigenvalue weighted by Gasteiger charge is 2.13. The molecule has 23 heavy (non-hydrogen) atoms. The van der Waals surface area contributed by atoms with Crippen LogP contribution in [0.3, 0.4) is 0 Å². The summed E-state index contributed by atoms with van der Waals surface area (Å²) in [6.07, 6.45) is 3.89. The number of benzene rings is 1. The Bertz CT molecular complexity index is 1070. The zero-order valence-corrected chi connectivity index (χ0v) is 13.5. The van der Waals surface area contributed by atoms with E-state index in [0.29, 0.717) is 11.4 Å². The quantitative estimate of drug-likeness (QED) is 0.569. The molecule has 4 aromatic rings. The Morgan fingerprint density at radius 3 is 2.91 bits per heavy atom. The van der Waals surface area contributed by atoms with E-state index in [1.165, 1.54) is 4.88 Å². The summed E-state index contributed by atoms with van der Waals surface area (Å²) in [4.78, 5) is 14.4. The largest absolute Gasteiger partial charge is 0.337 e. The number of aromatic amines is 1. The van der Waals surface area contributed by atoms with Crippen molar-refractivity contribution in [1.29, 1.82) is 5.26 Å². The van der Waals surface area contributed by atoms with Crippen molar-refractivity contribution in [2.45, 2.75) is 13.8 Å². The highest BCUT2D eigenvalue weighted by atomic mass is 32.1. The number of imidazole rings is 2. The molecule has 0 radical (unpaired) electrons. The monoisotopic (exact) mass is 319 g/mol. The van der Waals surface area contributed by atoms with Gasteiger partial charge in [0.1, 0.15) is 11.9 Å². The van der Waals surface area contributed by atoms with E-state index in [1.807, 2.05) is 54.8 Å². The van der Waals surface area contributed by atoms with Gasteiger partial charge >= 0.3 is 0 Å². The third-order valence-electron chi connectivity index (χ3n) is 3.71. The van der Waals surface area contributed by atoms with E-state index in [-0.39, 0.29) is 0 Å². The fourth-order valence-corrected chi connectivity index (χ4v) is 3.50. The van der Waals surface area contributed by atoms with Crippen LogP contribution in [0.1, 0.15) is 22.1 Å². The standard InChI is InChI=1S/C17H13N5S/c1-10-9-22-15(11(2)19-17(22)23-10)7-12(8-18)16-20-13-5-3-4-6-14(13)21-16/h3-7,9H,1-2H3,(H,20,21)/b12-7+. The molecule has 0 saturated carbocycles. The molecule has 0 fully saturated rings. The summed E-state index contributed by atoms with van der Waals surface area (Å²) in [5, 5.41) is 9.57. The van der Waals surface area contributed by atoms with Crippen molar-refractivity contribution in [1.82, 2.24) is 19.4 Å². The van der Waals surface area contributed by atoms with Crippen molar-refractivity contribution in [3.05, 3.63) is 52.6 Å². The van der Waals surface area contributed by atoms with Crippen LogP contribution in [-0.2, 0) is 0 Å².